The summed E-state index contributed by atoms with van der Waals surface area (Å²) in [5, 5.41) is 13.2. The highest BCUT2D eigenvalue weighted by atomic mass is 19.4. The molecule has 1 aliphatic heterocycles. The van der Waals surface area contributed by atoms with Crippen LogP contribution in [0.3, 0.4) is 0 Å². The molecule has 2 N–H and O–H groups in total. The van der Waals surface area contributed by atoms with Gasteiger partial charge >= 0.3 is 12.1 Å². The molecule has 1 saturated carbocycles. The normalized spacial score (nSPS) is 18.1. The maximum absolute atomic E-state index is 13.3. The van der Waals surface area contributed by atoms with Crippen molar-refractivity contribution in [2.45, 2.75) is 45.8 Å². The number of aryl methyl sites for hydroxylation is 1. The number of hydrogen-bond acceptors (Lipinski definition) is 5. The predicted octanol–water partition coefficient (Wildman–Crippen LogP) is 6.06. The van der Waals surface area contributed by atoms with E-state index in [0.29, 0.717) is 46.8 Å². The lowest BCUT2D eigenvalue weighted by atomic mass is 9.57. The van der Waals surface area contributed by atoms with Crippen molar-refractivity contribution in [3.8, 4) is 0 Å². The van der Waals surface area contributed by atoms with E-state index in [1.54, 1.807) is 31.2 Å². The van der Waals surface area contributed by atoms with Crippen molar-refractivity contribution in [3.05, 3.63) is 68.9 Å². The van der Waals surface area contributed by atoms with Crippen LogP contribution in [0.4, 0.5) is 24.7 Å². The number of hydrogen-bond donors (Lipinski definition) is 2. The largest absolute Gasteiger partial charge is 0.478 e. The van der Waals surface area contributed by atoms with E-state index in [1.165, 1.54) is 6.07 Å². The zero-order chi connectivity index (χ0) is 26.0. The topological polar surface area (TPSA) is 82.8 Å². The van der Waals surface area contributed by atoms with E-state index in [4.69, 9.17) is 4.42 Å². The van der Waals surface area contributed by atoms with Crippen LogP contribution in [0.1, 0.15) is 52.9 Å². The Balaban J connectivity index is 1.48. The van der Waals surface area contributed by atoms with E-state index in [0.717, 1.165) is 5.56 Å². The number of para-hydroxylation sites is 1. The van der Waals surface area contributed by atoms with Crippen LogP contribution in [0.2, 0.25) is 0 Å². The van der Waals surface area contributed by atoms with E-state index in [9.17, 15) is 27.9 Å². The smallest absolute Gasteiger partial charge is 0.391 e. The lowest BCUT2D eigenvalue weighted by Crippen LogP contribution is -2.64. The number of anilines is 2. The third-order valence-electron chi connectivity index (χ3n) is 7.52. The van der Waals surface area contributed by atoms with Crippen molar-refractivity contribution >= 4 is 28.5 Å². The highest BCUT2D eigenvalue weighted by Crippen LogP contribution is 2.57. The van der Waals surface area contributed by atoms with Crippen LogP contribution >= 0.6 is 0 Å². The van der Waals surface area contributed by atoms with Crippen LogP contribution in [0.25, 0.3) is 11.0 Å². The van der Waals surface area contributed by atoms with Crippen molar-refractivity contribution in [3.63, 3.8) is 0 Å². The molecule has 5 rings (SSSR count). The van der Waals surface area contributed by atoms with Gasteiger partial charge in [0.15, 0.2) is 5.43 Å². The van der Waals surface area contributed by atoms with Crippen molar-refractivity contribution < 1.29 is 27.5 Å². The first kappa shape index (κ1) is 24.2. The maximum Gasteiger partial charge on any atom is 0.391 e. The average molecular weight is 501 g/mol. The molecule has 0 amide bonds. The van der Waals surface area contributed by atoms with Crippen LogP contribution < -0.4 is 15.6 Å². The molecule has 1 unspecified atom stereocenters. The molecule has 1 atom stereocenters. The van der Waals surface area contributed by atoms with Gasteiger partial charge in [-0.2, -0.15) is 13.2 Å². The van der Waals surface area contributed by atoms with Crippen molar-refractivity contribution in [1.82, 2.24) is 0 Å². The van der Waals surface area contributed by atoms with Crippen LogP contribution in [0.5, 0.6) is 0 Å². The number of benzene rings is 2. The van der Waals surface area contributed by atoms with Crippen LogP contribution in [0.15, 0.2) is 45.6 Å². The van der Waals surface area contributed by atoms with Gasteiger partial charge in [0.1, 0.15) is 5.58 Å². The van der Waals surface area contributed by atoms with Gasteiger partial charge in [0.2, 0.25) is 5.88 Å². The zero-order valence-corrected chi connectivity index (χ0v) is 20.2. The average Bonchev–Trinajstić information content (AvgIpc) is 2.74. The lowest BCUT2D eigenvalue weighted by molar-refractivity contribution is -0.225. The fraction of sp³-hybridized carbons (Fsp3) is 0.407. The predicted molar refractivity (Wildman–Crippen MR) is 131 cm³/mol. The molecule has 6 nitrogen and oxygen atoms in total. The fourth-order valence-corrected chi connectivity index (χ4v) is 5.67. The number of carboxylic acid groups (broad SMARTS) is 1. The van der Waals surface area contributed by atoms with E-state index >= 15 is 0 Å². The first-order valence-electron chi connectivity index (χ1n) is 11.9. The Hall–Kier alpha value is -3.49. The Morgan fingerprint density at radius 2 is 1.86 bits per heavy atom. The van der Waals surface area contributed by atoms with Gasteiger partial charge in [-0.1, -0.05) is 18.2 Å². The number of aromatic carboxylic acids is 1. The lowest BCUT2D eigenvalue weighted by Gasteiger charge is -2.59. The zero-order valence-electron chi connectivity index (χ0n) is 20.2. The molecule has 36 heavy (non-hydrogen) atoms. The molecule has 2 heterocycles. The molecule has 1 saturated heterocycles. The van der Waals surface area contributed by atoms with Crippen molar-refractivity contribution in [1.29, 1.82) is 0 Å². The molecule has 1 aromatic heterocycles. The number of nitrogens with one attached hydrogen (secondary N) is 1. The molecular formula is C27H27F3N2O4. The number of fused-ring (bicyclic) bond motifs is 1. The van der Waals surface area contributed by atoms with Gasteiger partial charge in [-0.05, 0) is 57.4 Å². The summed E-state index contributed by atoms with van der Waals surface area (Å²) in [7, 11) is 0. The van der Waals surface area contributed by atoms with Crippen LogP contribution in [-0.4, -0.2) is 30.3 Å². The standard InChI is InChI=1S/C27H27F3N2O4/c1-14-8-19(16(3)31-21-7-5-4-6-18(21)25(34)35)23-20(9-14)22(33)15(2)24(36-23)32-12-26(13-32)10-17(11-26)27(28,29)30/h4-9,16-17,31H,10-13H2,1-3H3,(H,34,35). The van der Waals surface area contributed by atoms with Gasteiger partial charge in [-0.15, -0.1) is 0 Å². The molecular weight excluding hydrogens is 473 g/mol. The molecule has 1 spiro atoms. The van der Waals surface area contributed by atoms with Gasteiger partial charge in [0.05, 0.1) is 28.5 Å². The second kappa shape index (κ2) is 8.28. The first-order valence-corrected chi connectivity index (χ1v) is 11.9. The summed E-state index contributed by atoms with van der Waals surface area (Å²) in [5.74, 6) is -1.92. The number of nitrogens with zero attached hydrogens (tertiary/aromatic N) is 1. The number of carbonyl (C=O) groups is 1. The summed E-state index contributed by atoms with van der Waals surface area (Å²) in [4.78, 5) is 26.8. The fourth-order valence-electron chi connectivity index (χ4n) is 5.67. The molecule has 1 aliphatic carbocycles. The summed E-state index contributed by atoms with van der Waals surface area (Å²) in [6.45, 7) is 6.26. The Morgan fingerprint density at radius 3 is 2.50 bits per heavy atom. The van der Waals surface area contributed by atoms with Gasteiger partial charge in [-0.25, -0.2) is 4.79 Å². The third kappa shape index (κ3) is 4.00. The highest BCUT2D eigenvalue weighted by molar-refractivity contribution is 5.94. The Kier molecular flexibility index (Phi) is 5.57. The van der Waals surface area contributed by atoms with Crippen molar-refractivity contribution in [2.75, 3.05) is 23.3 Å². The second-order valence-corrected chi connectivity index (χ2v) is 10.3. The van der Waals surface area contributed by atoms with Crippen LogP contribution in [-0.2, 0) is 0 Å². The van der Waals surface area contributed by atoms with Crippen LogP contribution in [0, 0.1) is 25.2 Å². The van der Waals surface area contributed by atoms with E-state index in [2.05, 4.69) is 5.32 Å². The van der Waals surface area contributed by atoms with Gasteiger partial charge in [0, 0.05) is 29.8 Å². The second-order valence-electron chi connectivity index (χ2n) is 10.3. The number of rotatable bonds is 5. The molecule has 2 fully saturated rings. The minimum absolute atomic E-state index is 0.109. The van der Waals surface area contributed by atoms with E-state index in [1.807, 2.05) is 24.8 Å². The summed E-state index contributed by atoms with van der Waals surface area (Å²) in [6.07, 6.45) is -3.94. The third-order valence-corrected chi connectivity index (χ3v) is 7.52. The summed E-state index contributed by atoms with van der Waals surface area (Å²) < 4.78 is 45.3. The molecule has 0 radical (unpaired) electrons. The Bertz CT molecular complexity index is 1420. The molecule has 3 aromatic rings. The minimum Gasteiger partial charge on any atom is -0.478 e. The molecule has 0 bridgehead atoms. The monoisotopic (exact) mass is 500 g/mol. The van der Waals surface area contributed by atoms with Gasteiger partial charge in [0.25, 0.3) is 0 Å². The number of alkyl halides is 3. The quantitative estimate of drug-likeness (QED) is 0.443. The number of carboxylic acids is 1. The number of halogens is 3. The molecule has 9 heteroatoms. The SMILES string of the molecule is Cc1cc(C(C)Nc2ccccc2C(=O)O)c2oc(N3CC4(CC(C(F)(F)F)C4)C3)c(C)c(=O)c2c1. The maximum atomic E-state index is 13.3. The molecule has 2 aromatic carbocycles. The van der Waals surface area contributed by atoms with E-state index in [-0.39, 0.29) is 29.2 Å². The summed E-state index contributed by atoms with van der Waals surface area (Å²) in [6, 6.07) is 9.83. The van der Waals surface area contributed by atoms with Gasteiger partial charge in [-0.3, -0.25) is 4.79 Å². The Labute approximate surface area is 205 Å². The highest BCUT2D eigenvalue weighted by Gasteiger charge is 2.60. The van der Waals surface area contributed by atoms with Crippen molar-refractivity contribution in [2.24, 2.45) is 11.3 Å². The summed E-state index contributed by atoms with van der Waals surface area (Å²) in [5.41, 5.74) is 2.38. The Morgan fingerprint density at radius 1 is 1.19 bits per heavy atom. The summed E-state index contributed by atoms with van der Waals surface area (Å²) >= 11 is 0. The minimum atomic E-state index is -4.16. The first-order chi connectivity index (χ1) is 16.9. The molecule has 2 aliphatic rings. The van der Waals surface area contributed by atoms with E-state index < -0.39 is 24.1 Å². The van der Waals surface area contributed by atoms with Gasteiger partial charge < -0.3 is 19.7 Å². The molecule has 190 valence electrons.